The van der Waals surface area contributed by atoms with Crippen LogP contribution in [0.3, 0.4) is 0 Å². The number of aromatic nitrogens is 2. The van der Waals surface area contributed by atoms with Gasteiger partial charge in [-0.25, -0.2) is 9.78 Å². The zero-order chi connectivity index (χ0) is 14.1. The molecule has 0 saturated carbocycles. The van der Waals surface area contributed by atoms with Crippen molar-refractivity contribution in [3.05, 3.63) is 24.3 Å². The lowest BCUT2D eigenvalue weighted by Crippen LogP contribution is -2.08. The molecule has 2 aromatic rings. The van der Waals surface area contributed by atoms with Gasteiger partial charge in [-0.15, -0.1) is 9.24 Å². The number of carboxylic acid groups (broad SMARTS) is 1. The summed E-state index contributed by atoms with van der Waals surface area (Å²) in [6.45, 7) is 2.22. The Morgan fingerprint density at radius 3 is 2.68 bits per heavy atom. The normalized spacial score (nSPS) is 9.79. The first-order valence-electron chi connectivity index (χ1n) is 6.32. The van der Waals surface area contributed by atoms with Gasteiger partial charge in [0.2, 0.25) is 5.95 Å². The standard InChI is InChI=1S/C8H7N3O2.C5H13P/c12-8(13)11-7-9-5-3-1-2-4-6(5)10-7;1-2-3-4-5-6/h1-4H,(H,12,13)(H2,9,10,11);2-6H2,1H3. The third kappa shape index (κ3) is 5.71. The van der Waals surface area contributed by atoms with E-state index in [4.69, 9.17) is 5.11 Å². The number of fused-ring (bicyclic) bond motifs is 1. The van der Waals surface area contributed by atoms with Crippen molar-refractivity contribution in [1.29, 1.82) is 0 Å². The fourth-order valence-corrected chi connectivity index (χ4v) is 1.80. The Bertz CT molecular complexity index is 476. The third-order valence-corrected chi connectivity index (χ3v) is 2.83. The highest BCUT2D eigenvalue weighted by atomic mass is 31.0. The second-order valence-electron chi connectivity index (χ2n) is 4.03. The molecule has 6 heteroatoms. The van der Waals surface area contributed by atoms with Crippen molar-refractivity contribution < 1.29 is 9.90 Å². The summed E-state index contributed by atoms with van der Waals surface area (Å²) in [5.74, 6) is 0.244. The first-order valence-corrected chi connectivity index (χ1v) is 7.13. The molecule has 1 amide bonds. The zero-order valence-electron chi connectivity index (χ0n) is 11.0. The van der Waals surface area contributed by atoms with Crippen LogP contribution < -0.4 is 5.32 Å². The van der Waals surface area contributed by atoms with E-state index in [0.717, 1.165) is 11.0 Å². The number of aromatic amines is 1. The molecule has 2 rings (SSSR count). The Balaban J connectivity index is 0.000000258. The molecule has 1 atom stereocenters. The van der Waals surface area contributed by atoms with Gasteiger partial charge in [0.25, 0.3) is 0 Å². The fourth-order valence-electron chi connectivity index (χ4n) is 1.51. The molecule has 0 radical (unpaired) electrons. The highest BCUT2D eigenvalue weighted by molar-refractivity contribution is 7.16. The van der Waals surface area contributed by atoms with Crippen LogP contribution in [0.1, 0.15) is 26.2 Å². The van der Waals surface area contributed by atoms with E-state index in [0.29, 0.717) is 0 Å². The summed E-state index contributed by atoms with van der Waals surface area (Å²) < 4.78 is 0. The SMILES string of the molecule is CCCCCP.O=C(O)Nc1nc2ccccc2[nH]1. The molecule has 0 aliphatic carbocycles. The smallest absolute Gasteiger partial charge is 0.411 e. The van der Waals surface area contributed by atoms with Gasteiger partial charge in [0.05, 0.1) is 11.0 Å². The fraction of sp³-hybridized carbons (Fsp3) is 0.385. The summed E-state index contributed by atoms with van der Waals surface area (Å²) in [6, 6.07) is 7.33. The number of nitrogens with zero attached hydrogens (tertiary/aromatic N) is 1. The number of nitrogens with one attached hydrogen (secondary N) is 2. The van der Waals surface area contributed by atoms with Crippen LogP contribution in [0.15, 0.2) is 24.3 Å². The molecule has 1 aromatic carbocycles. The molecule has 0 saturated heterocycles. The van der Waals surface area contributed by atoms with E-state index in [2.05, 4.69) is 31.4 Å². The van der Waals surface area contributed by atoms with E-state index >= 15 is 0 Å². The van der Waals surface area contributed by atoms with Gasteiger partial charge in [-0.2, -0.15) is 0 Å². The van der Waals surface area contributed by atoms with E-state index < -0.39 is 6.09 Å². The van der Waals surface area contributed by atoms with E-state index in [1.54, 1.807) is 6.07 Å². The van der Waals surface area contributed by atoms with E-state index in [1.807, 2.05) is 18.2 Å². The Hall–Kier alpha value is -1.61. The van der Waals surface area contributed by atoms with E-state index in [1.165, 1.54) is 25.4 Å². The van der Waals surface area contributed by atoms with Crippen LogP contribution in [0.5, 0.6) is 0 Å². The van der Waals surface area contributed by atoms with Gasteiger partial charge in [-0.05, 0) is 24.7 Å². The van der Waals surface area contributed by atoms with Gasteiger partial charge in [-0.1, -0.05) is 31.9 Å². The van der Waals surface area contributed by atoms with Gasteiger partial charge in [0.15, 0.2) is 0 Å². The van der Waals surface area contributed by atoms with Gasteiger partial charge < -0.3 is 10.1 Å². The molecular weight excluding hydrogens is 261 g/mol. The molecule has 5 nitrogen and oxygen atoms in total. The van der Waals surface area contributed by atoms with Crippen LogP contribution in [0.25, 0.3) is 11.0 Å². The summed E-state index contributed by atoms with van der Waals surface area (Å²) in [5, 5.41) is 10.6. The highest BCUT2D eigenvalue weighted by Gasteiger charge is 2.03. The van der Waals surface area contributed by atoms with Crippen molar-refractivity contribution in [3.63, 3.8) is 0 Å². The number of para-hydroxylation sites is 2. The number of carbonyl (C=O) groups is 1. The Labute approximate surface area is 115 Å². The number of amides is 1. The Morgan fingerprint density at radius 2 is 2.16 bits per heavy atom. The minimum atomic E-state index is -1.13. The first-order chi connectivity index (χ1) is 9.17. The monoisotopic (exact) mass is 281 g/mol. The number of unbranched alkanes of at least 4 members (excludes halogenated alkanes) is 2. The predicted octanol–water partition coefficient (Wildman–Crippen LogP) is 3.70. The first kappa shape index (κ1) is 15.4. The number of hydrogen-bond donors (Lipinski definition) is 3. The van der Waals surface area contributed by atoms with Crippen molar-refractivity contribution in [2.24, 2.45) is 0 Å². The summed E-state index contributed by atoms with van der Waals surface area (Å²) >= 11 is 0. The van der Waals surface area contributed by atoms with Crippen molar-refractivity contribution >= 4 is 32.3 Å². The molecule has 104 valence electrons. The largest absolute Gasteiger partial charge is 0.465 e. The maximum atomic E-state index is 10.3. The molecule has 0 aliphatic heterocycles. The lowest BCUT2D eigenvalue weighted by atomic mass is 10.3. The molecule has 1 heterocycles. The molecule has 1 aromatic heterocycles. The Morgan fingerprint density at radius 1 is 1.42 bits per heavy atom. The van der Waals surface area contributed by atoms with E-state index in [-0.39, 0.29) is 5.95 Å². The maximum Gasteiger partial charge on any atom is 0.411 e. The van der Waals surface area contributed by atoms with Crippen molar-refractivity contribution in [1.82, 2.24) is 9.97 Å². The quantitative estimate of drug-likeness (QED) is 0.590. The van der Waals surface area contributed by atoms with Crippen LogP contribution in [-0.2, 0) is 0 Å². The maximum absolute atomic E-state index is 10.3. The lowest BCUT2D eigenvalue weighted by Gasteiger charge is -1.90. The van der Waals surface area contributed by atoms with Gasteiger partial charge in [-0.3, -0.25) is 5.32 Å². The average molecular weight is 281 g/mol. The van der Waals surface area contributed by atoms with Gasteiger partial charge >= 0.3 is 6.09 Å². The van der Waals surface area contributed by atoms with Crippen molar-refractivity contribution in [2.45, 2.75) is 26.2 Å². The van der Waals surface area contributed by atoms with Crippen molar-refractivity contribution in [3.8, 4) is 0 Å². The summed E-state index contributed by atoms with van der Waals surface area (Å²) in [7, 11) is 2.73. The van der Waals surface area contributed by atoms with Gasteiger partial charge in [0.1, 0.15) is 0 Å². The summed E-state index contributed by atoms with van der Waals surface area (Å²) in [4.78, 5) is 17.1. The van der Waals surface area contributed by atoms with E-state index in [9.17, 15) is 4.79 Å². The van der Waals surface area contributed by atoms with Crippen LogP contribution >= 0.6 is 9.24 Å². The Kier molecular flexibility index (Phi) is 6.90. The molecular formula is C13H20N3O2P. The summed E-state index contributed by atoms with van der Waals surface area (Å²) in [6.07, 6.45) is 4.26. The number of anilines is 1. The third-order valence-electron chi connectivity index (χ3n) is 2.42. The lowest BCUT2D eigenvalue weighted by molar-refractivity contribution is 0.209. The molecule has 0 bridgehead atoms. The minimum absolute atomic E-state index is 0.244. The topological polar surface area (TPSA) is 78.0 Å². The minimum Gasteiger partial charge on any atom is -0.465 e. The number of rotatable bonds is 4. The number of hydrogen-bond acceptors (Lipinski definition) is 2. The molecule has 19 heavy (non-hydrogen) atoms. The predicted molar refractivity (Wildman–Crippen MR) is 81.8 cm³/mol. The van der Waals surface area contributed by atoms with Crippen LogP contribution in [-0.4, -0.2) is 27.3 Å². The molecule has 3 N–H and O–H groups in total. The zero-order valence-corrected chi connectivity index (χ0v) is 12.2. The number of imidazole rings is 1. The van der Waals surface area contributed by atoms with Crippen LogP contribution in [0, 0.1) is 0 Å². The average Bonchev–Trinajstić information content (AvgIpc) is 2.78. The van der Waals surface area contributed by atoms with Crippen molar-refractivity contribution in [2.75, 3.05) is 11.5 Å². The highest BCUT2D eigenvalue weighted by Crippen LogP contribution is 2.12. The second-order valence-corrected chi connectivity index (χ2v) is 4.61. The molecule has 0 fully saturated rings. The molecule has 0 aliphatic rings. The van der Waals surface area contributed by atoms with Crippen LogP contribution in [0.4, 0.5) is 10.7 Å². The second kappa shape index (κ2) is 8.48. The molecule has 0 spiro atoms. The summed E-state index contributed by atoms with van der Waals surface area (Å²) in [5.41, 5.74) is 1.55. The van der Waals surface area contributed by atoms with Crippen LogP contribution in [0.2, 0.25) is 0 Å². The molecule has 1 unspecified atom stereocenters. The number of H-pyrrole nitrogens is 1. The van der Waals surface area contributed by atoms with Gasteiger partial charge in [0, 0.05) is 0 Å². The number of benzene rings is 1.